The van der Waals surface area contributed by atoms with Crippen LogP contribution in [0, 0.1) is 0 Å². The summed E-state index contributed by atoms with van der Waals surface area (Å²) in [6.45, 7) is 9.38. The normalized spacial score (nSPS) is 12.6. The van der Waals surface area contributed by atoms with Gasteiger partial charge >= 0.3 is 0 Å². The minimum Gasteiger partial charge on any atom is -0.456 e. The van der Waals surface area contributed by atoms with E-state index in [0.717, 1.165) is 118 Å². The smallest absolute Gasteiger partial charge is 0.143 e. The van der Waals surface area contributed by atoms with Gasteiger partial charge in [0.25, 0.3) is 0 Å². The molecule has 7 nitrogen and oxygen atoms in total. The maximum Gasteiger partial charge on any atom is 0.143 e. The summed E-state index contributed by atoms with van der Waals surface area (Å²) in [7, 11) is 0. The number of nitrogens with zero attached hydrogens (tertiary/aromatic N) is 5. The van der Waals surface area contributed by atoms with Crippen LogP contribution in [0.2, 0.25) is 0 Å². The maximum atomic E-state index is 6.38. The molecule has 139 heavy (non-hydrogen) atoms. The van der Waals surface area contributed by atoms with Crippen molar-refractivity contribution in [2.24, 2.45) is 0 Å². The fourth-order valence-corrected chi connectivity index (χ4v) is 21.8. The monoisotopic (exact) mass is 1780 g/mol. The molecule has 0 spiro atoms. The van der Waals surface area contributed by atoms with Crippen LogP contribution >= 0.6 is 0 Å². The van der Waals surface area contributed by atoms with Gasteiger partial charge in [-0.25, -0.2) is 0 Å². The van der Waals surface area contributed by atoms with Crippen molar-refractivity contribution >= 4 is 139 Å². The standard InChI is InChI=1S/C45H34N2.C45H33NO.C42H28N2O/c1-45(2)41-17-9-6-14-37(41)38-29-28-36(30-42(38)45)46(33-22-20-32(21-23-33)31-12-4-3-5-13-31)34-24-26-35(27-25-34)47-43-18-10-7-15-39(43)40-16-8-11-19-44(40)47;1-45(2)41-17-8-6-13-37(41)38-28-27-35(29-42(38)45)46(33-23-19-31(20-24-33)30-11-4-3-5-12-30)34-25-21-32(22-26-34)36-15-10-16-40-39-14-7-9-18-43(39)47-44(36)40;1-2-12-31(13-3-1)43(34-25-26-38-37-17-6-9-20-41(37)45-42(38)28-34)32-23-21-29(22-24-32)30-11-10-14-33(27-30)44-39-18-7-4-15-35(39)36-16-5-8-19-40(36)44/h3-30H,1-2H3;3-29H,1-2H3;1-28H. The average molecular weight is 1780 g/mol. The first-order valence-electron chi connectivity index (χ1n) is 47.9. The van der Waals surface area contributed by atoms with Crippen molar-refractivity contribution in [1.82, 2.24) is 9.13 Å². The van der Waals surface area contributed by atoms with Gasteiger partial charge in [-0.15, -0.1) is 0 Å². The van der Waals surface area contributed by atoms with Crippen LogP contribution < -0.4 is 14.7 Å². The molecule has 0 atom stereocenters. The van der Waals surface area contributed by atoms with E-state index >= 15 is 0 Å². The number of aromatic nitrogens is 2. The number of benzene rings is 21. The predicted octanol–water partition coefficient (Wildman–Crippen LogP) is 36.7. The number of anilines is 9. The number of rotatable bonds is 15. The summed E-state index contributed by atoms with van der Waals surface area (Å²) in [5.41, 5.74) is 40.9. The van der Waals surface area contributed by atoms with E-state index in [4.69, 9.17) is 8.83 Å². The molecule has 2 aliphatic rings. The molecule has 0 N–H and O–H groups in total. The van der Waals surface area contributed by atoms with Gasteiger partial charge in [-0.1, -0.05) is 355 Å². The minimum atomic E-state index is -0.0834. The second kappa shape index (κ2) is 34.3. The molecule has 27 rings (SSSR count). The molecule has 0 saturated heterocycles. The zero-order valence-electron chi connectivity index (χ0n) is 77.5. The summed E-state index contributed by atoms with van der Waals surface area (Å²) in [4.78, 5) is 7.05. The molecular weight excluding hydrogens is 1690 g/mol. The van der Waals surface area contributed by atoms with Crippen LogP contribution in [0.4, 0.5) is 51.2 Å². The van der Waals surface area contributed by atoms with Crippen LogP contribution in [-0.4, -0.2) is 9.13 Å². The Labute approximate surface area is 808 Å². The molecule has 0 aliphatic heterocycles. The molecule has 7 heteroatoms. The SMILES string of the molecule is CC1(C)c2ccccc2-c2ccc(N(c3ccc(-c4ccccc4)cc3)c3ccc(-c4cccc5c4oc4ccccc45)cc3)cc21.CC1(C)c2ccccc2-c2ccc(N(c3ccc(-c4ccccc4)cc3)c3ccc(-n4c5ccccc5c5ccccc54)cc3)cc21.c1ccc(N(c2ccc(-c3cccc(-n4c5ccccc5c5ccccc54)c3)cc2)c2ccc3c(c2)oc2ccccc23)cc1. The van der Waals surface area contributed by atoms with E-state index in [2.05, 4.69) is 531 Å². The Bertz CT molecular complexity index is 8860. The van der Waals surface area contributed by atoms with E-state index in [0.29, 0.717) is 0 Å². The molecule has 4 heterocycles. The summed E-state index contributed by atoms with van der Waals surface area (Å²) in [6.07, 6.45) is 0. The average Bonchev–Trinajstić information content (AvgIpc) is 1.57. The summed E-state index contributed by atoms with van der Waals surface area (Å²) in [5.74, 6) is 0. The molecule has 0 fully saturated rings. The first kappa shape index (κ1) is 83.1. The predicted molar refractivity (Wildman–Crippen MR) is 583 cm³/mol. The number of para-hydroxylation sites is 8. The van der Waals surface area contributed by atoms with Crippen molar-refractivity contribution in [3.05, 3.63) is 526 Å². The van der Waals surface area contributed by atoms with Gasteiger partial charge in [-0.3, -0.25) is 0 Å². The molecule has 21 aromatic carbocycles. The van der Waals surface area contributed by atoms with Crippen molar-refractivity contribution < 1.29 is 8.83 Å². The number of hydrogen-bond acceptors (Lipinski definition) is 5. The number of hydrogen-bond donors (Lipinski definition) is 0. The topological polar surface area (TPSA) is 45.9 Å². The Morgan fingerprint density at radius 2 is 0.475 bits per heavy atom. The fourth-order valence-electron chi connectivity index (χ4n) is 21.8. The Morgan fingerprint density at radius 1 is 0.173 bits per heavy atom. The van der Waals surface area contributed by atoms with Gasteiger partial charge < -0.3 is 32.7 Å². The molecule has 2 aliphatic carbocycles. The highest BCUT2D eigenvalue weighted by Gasteiger charge is 2.38. The fraction of sp³-hybridized carbons (Fsp3) is 0.0455. The first-order chi connectivity index (χ1) is 68.4. The molecule has 0 saturated carbocycles. The highest BCUT2D eigenvalue weighted by molar-refractivity contribution is 6.13. The molecule has 25 aromatic rings. The van der Waals surface area contributed by atoms with Gasteiger partial charge in [-0.2, -0.15) is 0 Å². The van der Waals surface area contributed by atoms with Gasteiger partial charge in [-0.05, 0) is 253 Å². The van der Waals surface area contributed by atoms with Crippen LogP contribution in [0.15, 0.2) is 512 Å². The van der Waals surface area contributed by atoms with Gasteiger partial charge in [0.1, 0.15) is 22.3 Å². The maximum absolute atomic E-state index is 6.38. The summed E-state index contributed by atoms with van der Waals surface area (Å²) < 4.78 is 17.4. The van der Waals surface area contributed by atoms with E-state index in [9.17, 15) is 0 Å². The van der Waals surface area contributed by atoms with Gasteiger partial charge in [0.2, 0.25) is 0 Å². The zero-order chi connectivity index (χ0) is 92.8. The minimum absolute atomic E-state index is 0.0782. The zero-order valence-corrected chi connectivity index (χ0v) is 77.5. The number of fused-ring (bicyclic) bond motifs is 18. The van der Waals surface area contributed by atoms with Crippen molar-refractivity contribution in [1.29, 1.82) is 0 Å². The highest BCUT2D eigenvalue weighted by atomic mass is 16.3. The van der Waals surface area contributed by atoms with Crippen molar-refractivity contribution in [3.63, 3.8) is 0 Å². The van der Waals surface area contributed by atoms with E-state index in [-0.39, 0.29) is 10.8 Å². The van der Waals surface area contributed by atoms with E-state index in [1.807, 2.05) is 24.3 Å². The second-order valence-electron chi connectivity index (χ2n) is 37.4. The lowest BCUT2D eigenvalue weighted by Gasteiger charge is -2.28. The largest absolute Gasteiger partial charge is 0.456 e. The Hall–Kier alpha value is -17.8. The van der Waals surface area contributed by atoms with Crippen LogP contribution in [0.1, 0.15) is 49.9 Å². The van der Waals surface area contributed by atoms with Gasteiger partial charge in [0.15, 0.2) is 0 Å². The lowest BCUT2D eigenvalue weighted by molar-refractivity contribution is 0.660. The van der Waals surface area contributed by atoms with Crippen molar-refractivity contribution in [3.8, 4) is 78.1 Å². The molecule has 0 unspecified atom stereocenters. The highest BCUT2D eigenvalue weighted by Crippen LogP contribution is 2.54. The molecule has 4 aromatic heterocycles. The molecule has 660 valence electrons. The summed E-state index contributed by atoms with van der Waals surface area (Å²) in [5, 5.41) is 9.63. The van der Waals surface area contributed by atoms with Crippen LogP contribution in [0.25, 0.3) is 166 Å². The van der Waals surface area contributed by atoms with Crippen LogP contribution in [0.3, 0.4) is 0 Å². The molecular formula is C132H95N5O2. The molecule has 0 bridgehead atoms. The molecule has 0 amide bonds. The van der Waals surface area contributed by atoms with E-state index < -0.39 is 0 Å². The lowest BCUT2D eigenvalue weighted by atomic mass is 9.82. The third-order valence-corrected chi connectivity index (χ3v) is 28.7. The Kier molecular flexibility index (Phi) is 20.5. The third kappa shape index (κ3) is 14.6. The van der Waals surface area contributed by atoms with Crippen LogP contribution in [0.5, 0.6) is 0 Å². The summed E-state index contributed by atoms with van der Waals surface area (Å²) in [6, 6.07) is 181. The van der Waals surface area contributed by atoms with E-state index in [1.54, 1.807) is 0 Å². The second-order valence-corrected chi connectivity index (χ2v) is 37.4. The lowest BCUT2D eigenvalue weighted by Crippen LogP contribution is -2.16. The van der Waals surface area contributed by atoms with Crippen LogP contribution in [-0.2, 0) is 10.8 Å². The first-order valence-corrected chi connectivity index (χ1v) is 47.9. The molecule has 0 radical (unpaired) electrons. The van der Waals surface area contributed by atoms with Gasteiger partial charge in [0, 0.05) is 128 Å². The quantitative estimate of drug-likeness (QED) is 0.102. The van der Waals surface area contributed by atoms with Gasteiger partial charge in [0.05, 0.1) is 22.1 Å². The summed E-state index contributed by atoms with van der Waals surface area (Å²) >= 11 is 0. The number of furan rings is 2. The third-order valence-electron chi connectivity index (χ3n) is 28.7. The van der Waals surface area contributed by atoms with Crippen molar-refractivity contribution in [2.75, 3.05) is 14.7 Å². The Morgan fingerprint density at radius 3 is 0.950 bits per heavy atom. The van der Waals surface area contributed by atoms with Crippen molar-refractivity contribution in [2.45, 2.75) is 38.5 Å². The Balaban J connectivity index is 0.000000110. The van der Waals surface area contributed by atoms with E-state index in [1.165, 1.54) is 122 Å².